The summed E-state index contributed by atoms with van der Waals surface area (Å²) in [6.45, 7) is 9.52. The molecule has 0 aromatic heterocycles. The van der Waals surface area contributed by atoms with Gasteiger partial charge < -0.3 is 14.8 Å². The summed E-state index contributed by atoms with van der Waals surface area (Å²) < 4.78 is 11.3. The second-order valence-corrected chi connectivity index (χ2v) is 6.29. The molecule has 0 heterocycles. The van der Waals surface area contributed by atoms with Gasteiger partial charge in [0.1, 0.15) is 11.5 Å². The highest BCUT2D eigenvalue weighted by atomic mass is 16.5. The molecule has 1 atom stereocenters. The third kappa shape index (κ3) is 5.04. The Bertz CT molecular complexity index is 410. The lowest BCUT2D eigenvalue weighted by Gasteiger charge is -2.23. The van der Waals surface area contributed by atoms with Gasteiger partial charge in [-0.3, -0.25) is 0 Å². The summed E-state index contributed by atoms with van der Waals surface area (Å²) in [4.78, 5) is 0. The molecule has 1 aromatic rings. The van der Waals surface area contributed by atoms with E-state index in [4.69, 9.17) is 9.47 Å². The Balaban J connectivity index is 2.69. The van der Waals surface area contributed by atoms with Gasteiger partial charge in [-0.05, 0) is 50.4 Å². The molecule has 0 saturated heterocycles. The number of nitrogens with one attached hydrogen (secondary N) is 1. The molecular formula is C17H29NO2. The lowest BCUT2D eigenvalue weighted by Crippen LogP contribution is -2.21. The van der Waals surface area contributed by atoms with Crippen LogP contribution in [0.1, 0.15) is 46.1 Å². The number of hydrogen-bond donors (Lipinski definition) is 1. The van der Waals surface area contributed by atoms with Crippen molar-refractivity contribution in [2.45, 2.75) is 52.0 Å². The SMILES string of the molecule is CNC(C)CCCOc1ccc(OC)cc1C(C)(C)C. The third-order valence-corrected chi connectivity index (χ3v) is 3.53. The van der Waals surface area contributed by atoms with Crippen molar-refractivity contribution in [1.29, 1.82) is 0 Å². The second-order valence-electron chi connectivity index (χ2n) is 6.29. The molecule has 1 aromatic carbocycles. The van der Waals surface area contributed by atoms with Gasteiger partial charge in [-0.25, -0.2) is 0 Å². The summed E-state index contributed by atoms with van der Waals surface area (Å²) in [6, 6.07) is 6.59. The Morgan fingerprint density at radius 2 is 1.95 bits per heavy atom. The van der Waals surface area contributed by atoms with Gasteiger partial charge in [0, 0.05) is 11.6 Å². The van der Waals surface area contributed by atoms with E-state index < -0.39 is 0 Å². The average Bonchev–Trinajstić information content (AvgIpc) is 2.42. The molecule has 1 N–H and O–H groups in total. The molecule has 3 nitrogen and oxygen atoms in total. The van der Waals surface area contributed by atoms with E-state index in [0.29, 0.717) is 6.04 Å². The van der Waals surface area contributed by atoms with E-state index in [2.05, 4.69) is 39.1 Å². The van der Waals surface area contributed by atoms with Crippen LogP contribution in [0.3, 0.4) is 0 Å². The quantitative estimate of drug-likeness (QED) is 0.771. The lowest BCUT2D eigenvalue weighted by molar-refractivity contribution is 0.291. The zero-order valence-corrected chi connectivity index (χ0v) is 13.7. The second kappa shape index (κ2) is 7.53. The van der Waals surface area contributed by atoms with Crippen molar-refractivity contribution in [3.8, 4) is 11.5 Å². The molecule has 1 rings (SSSR count). The van der Waals surface area contributed by atoms with Gasteiger partial charge in [-0.2, -0.15) is 0 Å². The van der Waals surface area contributed by atoms with Gasteiger partial charge in [-0.15, -0.1) is 0 Å². The highest BCUT2D eigenvalue weighted by molar-refractivity contribution is 5.44. The molecule has 0 radical (unpaired) electrons. The molecule has 0 fully saturated rings. The maximum absolute atomic E-state index is 5.97. The zero-order valence-electron chi connectivity index (χ0n) is 13.7. The fraction of sp³-hybridized carbons (Fsp3) is 0.647. The van der Waals surface area contributed by atoms with Crippen LogP contribution in [0.15, 0.2) is 18.2 Å². The Kier molecular flexibility index (Phi) is 6.34. The Morgan fingerprint density at radius 3 is 2.50 bits per heavy atom. The van der Waals surface area contributed by atoms with Crippen LogP contribution in [-0.4, -0.2) is 26.8 Å². The van der Waals surface area contributed by atoms with Gasteiger partial charge in [-0.1, -0.05) is 20.8 Å². The first-order chi connectivity index (χ1) is 9.38. The van der Waals surface area contributed by atoms with Crippen LogP contribution in [0.25, 0.3) is 0 Å². The van der Waals surface area contributed by atoms with Gasteiger partial charge in [0.05, 0.1) is 13.7 Å². The number of benzene rings is 1. The average molecular weight is 279 g/mol. The van der Waals surface area contributed by atoms with Gasteiger partial charge in [0.25, 0.3) is 0 Å². The van der Waals surface area contributed by atoms with E-state index >= 15 is 0 Å². The summed E-state index contributed by atoms with van der Waals surface area (Å²) in [5.41, 5.74) is 1.24. The number of methoxy groups -OCH3 is 1. The van der Waals surface area contributed by atoms with Crippen LogP contribution in [0.2, 0.25) is 0 Å². The van der Waals surface area contributed by atoms with Crippen LogP contribution >= 0.6 is 0 Å². The minimum atomic E-state index is 0.0438. The van der Waals surface area contributed by atoms with Crippen molar-refractivity contribution in [1.82, 2.24) is 5.32 Å². The van der Waals surface area contributed by atoms with E-state index in [1.807, 2.05) is 19.2 Å². The Labute approximate surface area is 123 Å². The molecule has 114 valence electrons. The molecule has 20 heavy (non-hydrogen) atoms. The largest absolute Gasteiger partial charge is 0.497 e. The zero-order chi connectivity index (χ0) is 15.2. The van der Waals surface area contributed by atoms with Gasteiger partial charge >= 0.3 is 0 Å². The number of ether oxygens (including phenoxy) is 2. The standard InChI is InChI=1S/C17H29NO2/c1-13(18-5)8-7-11-20-16-10-9-14(19-6)12-15(16)17(2,3)4/h9-10,12-13,18H,7-8,11H2,1-6H3. The van der Waals surface area contributed by atoms with E-state index in [0.717, 1.165) is 30.9 Å². The van der Waals surface area contributed by atoms with Crippen molar-refractivity contribution in [3.63, 3.8) is 0 Å². The first-order valence-electron chi connectivity index (χ1n) is 7.37. The molecule has 0 saturated carbocycles. The minimum absolute atomic E-state index is 0.0438. The fourth-order valence-electron chi connectivity index (χ4n) is 2.06. The molecule has 0 amide bonds. The molecule has 1 unspecified atom stereocenters. The van der Waals surface area contributed by atoms with Crippen LogP contribution in [0, 0.1) is 0 Å². The third-order valence-electron chi connectivity index (χ3n) is 3.53. The first-order valence-corrected chi connectivity index (χ1v) is 7.37. The Morgan fingerprint density at radius 1 is 1.25 bits per heavy atom. The maximum Gasteiger partial charge on any atom is 0.123 e. The first kappa shape index (κ1) is 16.8. The van der Waals surface area contributed by atoms with Crippen LogP contribution < -0.4 is 14.8 Å². The van der Waals surface area contributed by atoms with E-state index in [1.54, 1.807) is 7.11 Å². The normalized spacial score (nSPS) is 13.1. The Hall–Kier alpha value is -1.22. The fourth-order valence-corrected chi connectivity index (χ4v) is 2.06. The lowest BCUT2D eigenvalue weighted by atomic mass is 9.86. The topological polar surface area (TPSA) is 30.5 Å². The summed E-state index contributed by atoms with van der Waals surface area (Å²) in [5.74, 6) is 1.85. The van der Waals surface area contributed by atoms with Gasteiger partial charge in [0.15, 0.2) is 0 Å². The molecule has 3 heteroatoms. The van der Waals surface area contributed by atoms with Crippen LogP contribution in [0.4, 0.5) is 0 Å². The molecule has 0 spiro atoms. The van der Waals surface area contributed by atoms with E-state index in [-0.39, 0.29) is 5.41 Å². The van der Waals surface area contributed by atoms with E-state index in [9.17, 15) is 0 Å². The molecule has 0 aliphatic carbocycles. The van der Waals surface area contributed by atoms with E-state index in [1.165, 1.54) is 5.56 Å². The van der Waals surface area contributed by atoms with Gasteiger partial charge in [0.2, 0.25) is 0 Å². The van der Waals surface area contributed by atoms with Crippen molar-refractivity contribution < 1.29 is 9.47 Å². The van der Waals surface area contributed by atoms with Crippen molar-refractivity contribution in [2.75, 3.05) is 20.8 Å². The molecule has 0 aliphatic heterocycles. The monoisotopic (exact) mass is 279 g/mol. The number of hydrogen-bond acceptors (Lipinski definition) is 3. The maximum atomic E-state index is 5.97. The highest BCUT2D eigenvalue weighted by Gasteiger charge is 2.19. The molecular weight excluding hydrogens is 250 g/mol. The summed E-state index contributed by atoms with van der Waals surface area (Å²) >= 11 is 0. The molecule has 0 aliphatic rings. The number of rotatable bonds is 7. The summed E-state index contributed by atoms with van der Waals surface area (Å²) in [5, 5.41) is 3.24. The van der Waals surface area contributed by atoms with Crippen LogP contribution in [0.5, 0.6) is 11.5 Å². The van der Waals surface area contributed by atoms with Crippen molar-refractivity contribution in [3.05, 3.63) is 23.8 Å². The van der Waals surface area contributed by atoms with Crippen LogP contribution in [-0.2, 0) is 5.41 Å². The van der Waals surface area contributed by atoms with Crippen molar-refractivity contribution >= 4 is 0 Å². The summed E-state index contributed by atoms with van der Waals surface area (Å²) in [6.07, 6.45) is 2.18. The molecule has 0 bridgehead atoms. The van der Waals surface area contributed by atoms with Crippen molar-refractivity contribution in [2.24, 2.45) is 0 Å². The predicted octanol–water partition coefficient (Wildman–Crippen LogP) is 3.76. The minimum Gasteiger partial charge on any atom is -0.497 e. The predicted molar refractivity (Wildman–Crippen MR) is 84.9 cm³/mol. The highest BCUT2D eigenvalue weighted by Crippen LogP contribution is 2.34. The summed E-state index contributed by atoms with van der Waals surface area (Å²) in [7, 11) is 3.69. The smallest absolute Gasteiger partial charge is 0.123 e.